The van der Waals surface area contributed by atoms with Gasteiger partial charge in [0.1, 0.15) is 13.2 Å². The average Bonchev–Trinajstić information content (AvgIpc) is 2.73. The number of ether oxygens (including phenoxy) is 2. The van der Waals surface area contributed by atoms with E-state index in [-0.39, 0.29) is 24.3 Å². The third-order valence-electron chi connectivity index (χ3n) is 5.19. The summed E-state index contributed by atoms with van der Waals surface area (Å²) >= 11 is 0. The van der Waals surface area contributed by atoms with E-state index in [4.69, 9.17) is 9.47 Å². The summed E-state index contributed by atoms with van der Waals surface area (Å²) in [4.78, 5) is 26.3. The summed E-state index contributed by atoms with van der Waals surface area (Å²) in [6.45, 7) is 3.16. The number of fused-ring (bicyclic) bond motifs is 2. The second-order valence-electron chi connectivity index (χ2n) is 7.17. The minimum Gasteiger partial charge on any atom is -0.486 e. The van der Waals surface area contributed by atoms with Crippen LogP contribution in [0.3, 0.4) is 0 Å². The quantitative estimate of drug-likeness (QED) is 0.849. The van der Waals surface area contributed by atoms with Crippen molar-refractivity contribution in [2.75, 3.05) is 19.8 Å². The fourth-order valence-electron chi connectivity index (χ4n) is 3.75. The van der Waals surface area contributed by atoms with Crippen LogP contribution in [0.5, 0.6) is 11.5 Å². The summed E-state index contributed by atoms with van der Waals surface area (Å²) in [5.41, 5.74) is 3.11. The van der Waals surface area contributed by atoms with Gasteiger partial charge in [-0.3, -0.25) is 9.59 Å². The Labute approximate surface area is 170 Å². The van der Waals surface area contributed by atoms with Gasteiger partial charge in [0.25, 0.3) is 0 Å². The molecule has 150 valence electrons. The molecule has 2 aliphatic rings. The van der Waals surface area contributed by atoms with Gasteiger partial charge >= 0.3 is 0 Å². The lowest BCUT2D eigenvalue weighted by Gasteiger charge is -2.32. The molecule has 0 saturated carbocycles. The standard InChI is InChI=1S/C23H24N2O4/c1-16(26)25-11-9-18-4-2-3-5-19(18)20(25)15-23(27)24-10-8-17-6-7-21-22(14-17)29-13-12-28-21/h2-7,9,11,14,20H,8,10,12-13,15H2,1H3,(H,24,27). The van der Waals surface area contributed by atoms with Gasteiger partial charge in [-0.15, -0.1) is 0 Å². The molecule has 29 heavy (non-hydrogen) atoms. The maximum absolute atomic E-state index is 12.6. The van der Waals surface area contributed by atoms with Crippen molar-refractivity contribution < 1.29 is 19.1 Å². The van der Waals surface area contributed by atoms with Gasteiger partial charge in [-0.05, 0) is 41.3 Å². The van der Waals surface area contributed by atoms with Crippen molar-refractivity contribution in [3.8, 4) is 11.5 Å². The molecule has 6 heteroatoms. The smallest absolute Gasteiger partial charge is 0.223 e. The van der Waals surface area contributed by atoms with Gasteiger partial charge in [0, 0.05) is 19.7 Å². The van der Waals surface area contributed by atoms with Crippen LogP contribution in [0.15, 0.2) is 48.7 Å². The molecule has 6 nitrogen and oxygen atoms in total. The minimum atomic E-state index is -0.289. The normalized spacial score (nSPS) is 16.9. The number of carbonyl (C=O) groups is 2. The van der Waals surface area contributed by atoms with E-state index in [1.54, 1.807) is 11.1 Å². The fourth-order valence-corrected chi connectivity index (χ4v) is 3.75. The van der Waals surface area contributed by atoms with Crippen molar-refractivity contribution in [1.82, 2.24) is 10.2 Å². The molecule has 2 aromatic carbocycles. The van der Waals surface area contributed by atoms with Crippen molar-refractivity contribution in [1.29, 1.82) is 0 Å². The van der Waals surface area contributed by atoms with Crippen molar-refractivity contribution in [3.63, 3.8) is 0 Å². The summed E-state index contributed by atoms with van der Waals surface area (Å²) in [5.74, 6) is 1.36. The highest BCUT2D eigenvalue weighted by molar-refractivity contribution is 5.81. The van der Waals surface area contributed by atoms with E-state index < -0.39 is 0 Å². The van der Waals surface area contributed by atoms with Gasteiger partial charge in [0.15, 0.2) is 11.5 Å². The summed E-state index contributed by atoms with van der Waals surface area (Å²) in [5, 5.41) is 2.98. The maximum Gasteiger partial charge on any atom is 0.223 e. The van der Waals surface area contributed by atoms with E-state index in [0.29, 0.717) is 26.2 Å². The Hall–Kier alpha value is -3.28. The molecule has 0 aliphatic carbocycles. The summed E-state index contributed by atoms with van der Waals surface area (Å²) in [6, 6.07) is 13.4. The van der Waals surface area contributed by atoms with Crippen LogP contribution in [-0.4, -0.2) is 36.5 Å². The van der Waals surface area contributed by atoms with Crippen LogP contribution in [-0.2, 0) is 16.0 Å². The van der Waals surface area contributed by atoms with Gasteiger partial charge in [0.2, 0.25) is 11.8 Å². The number of carbonyl (C=O) groups excluding carboxylic acids is 2. The first-order valence-electron chi connectivity index (χ1n) is 9.83. The molecule has 0 radical (unpaired) electrons. The van der Waals surface area contributed by atoms with Gasteiger partial charge in [-0.1, -0.05) is 30.3 Å². The fraction of sp³-hybridized carbons (Fsp3) is 0.304. The Bertz CT molecular complexity index is 954. The predicted molar refractivity (Wildman–Crippen MR) is 109 cm³/mol. The third-order valence-corrected chi connectivity index (χ3v) is 5.19. The molecule has 1 unspecified atom stereocenters. The van der Waals surface area contributed by atoms with Gasteiger partial charge in [0.05, 0.1) is 12.5 Å². The van der Waals surface area contributed by atoms with Crippen molar-refractivity contribution in [3.05, 3.63) is 65.4 Å². The predicted octanol–water partition coefficient (Wildman–Crippen LogP) is 3.08. The molecule has 0 spiro atoms. The Balaban J connectivity index is 1.36. The molecule has 2 aromatic rings. The Kier molecular flexibility index (Phi) is 5.51. The van der Waals surface area contributed by atoms with Crippen LogP contribution in [0.1, 0.15) is 36.1 Å². The topological polar surface area (TPSA) is 67.9 Å². The summed E-state index contributed by atoms with van der Waals surface area (Å²) in [6.07, 6.45) is 4.59. The van der Waals surface area contributed by atoms with Crippen molar-refractivity contribution in [2.45, 2.75) is 25.8 Å². The van der Waals surface area contributed by atoms with Crippen LogP contribution in [0, 0.1) is 0 Å². The summed E-state index contributed by atoms with van der Waals surface area (Å²) in [7, 11) is 0. The number of rotatable bonds is 5. The zero-order valence-electron chi connectivity index (χ0n) is 16.4. The van der Waals surface area contributed by atoms with Crippen molar-refractivity contribution >= 4 is 17.9 Å². The van der Waals surface area contributed by atoms with Crippen LogP contribution in [0.4, 0.5) is 0 Å². The second kappa shape index (κ2) is 8.39. The first-order chi connectivity index (χ1) is 14.1. The largest absolute Gasteiger partial charge is 0.486 e. The molecular weight excluding hydrogens is 368 g/mol. The molecule has 4 rings (SSSR count). The summed E-state index contributed by atoms with van der Waals surface area (Å²) < 4.78 is 11.1. The number of hydrogen-bond donors (Lipinski definition) is 1. The Morgan fingerprint density at radius 3 is 2.72 bits per heavy atom. The van der Waals surface area contributed by atoms with Crippen LogP contribution >= 0.6 is 0 Å². The average molecular weight is 392 g/mol. The van der Waals surface area contributed by atoms with Crippen LogP contribution < -0.4 is 14.8 Å². The highest BCUT2D eigenvalue weighted by Gasteiger charge is 2.28. The molecule has 1 N–H and O–H groups in total. The Morgan fingerprint density at radius 2 is 1.90 bits per heavy atom. The highest BCUT2D eigenvalue weighted by atomic mass is 16.6. The Morgan fingerprint density at radius 1 is 1.10 bits per heavy atom. The lowest BCUT2D eigenvalue weighted by atomic mass is 9.93. The third kappa shape index (κ3) is 4.26. The van der Waals surface area contributed by atoms with E-state index in [2.05, 4.69) is 5.32 Å². The van der Waals surface area contributed by atoms with Crippen LogP contribution in [0.2, 0.25) is 0 Å². The molecule has 2 amide bonds. The molecule has 0 bridgehead atoms. The SMILES string of the molecule is CC(=O)N1C=Cc2ccccc2C1CC(=O)NCCc1ccc2c(c1)OCCO2. The first kappa shape index (κ1) is 19.1. The number of amides is 2. The molecule has 2 aliphatic heterocycles. The first-order valence-corrected chi connectivity index (χ1v) is 9.83. The number of nitrogens with zero attached hydrogens (tertiary/aromatic N) is 1. The van der Waals surface area contributed by atoms with E-state index in [1.165, 1.54) is 6.92 Å². The van der Waals surface area contributed by atoms with E-state index >= 15 is 0 Å². The number of benzene rings is 2. The molecule has 2 heterocycles. The van der Waals surface area contributed by atoms with Gasteiger partial charge < -0.3 is 19.7 Å². The monoisotopic (exact) mass is 392 g/mol. The van der Waals surface area contributed by atoms with E-state index in [9.17, 15) is 9.59 Å². The minimum absolute atomic E-state index is 0.0789. The van der Waals surface area contributed by atoms with Gasteiger partial charge in [-0.25, -0.2) is 0 Å². The van der Waals surface area contributed by atoms with Crippen LogP contribution in [0.25, 0.3) is 6.08 Å². The van der Waals surface area contributed by atoms with E-state index in [0.717, 1.165) is 28.2 Å². The lowest BCUT2D eigenvalue weighted by Crippen LogP contribution is -2.35. The zero-order valence-corrected chi connectivity index (χ0v) is 16.4. The molecule has 0 aromatic heterocycles. The maximum atomic E-state index is 12.6. The lowest BCUT2D eigenvalue weighted by molar-refractivity contribution is -0.129. The zero-order chi connectivity index (χ0) is 20.2. The number of nitrogens with one attached hydrogen (secondary N) is 1. The molecular formula is C23H24N2O4. The number of hydrogen-bond acceptors (Lipinski definition) is 4. The van der Waals surface area contributed by atoms with Gasteiger partial charge in [-0.2, -0.15) is 0 Å². The van der Waals surface area contributed by atoms with E-state index in [1.807, 2.05) is 48.5 Å². The molecule has 0 fully saturated rings. The molecule has 0 saturated heterocycles. The van der Waals surface area contributed by atoms with Crippen molar-refractivity contribution in [2.24, 2.45) is 0 Å². The highest BCUT2D eigenvalue weighted by Crippen LogP contribution is 2.33. The second-order valence-corrected chi connectivity index (χ2v) is 7.17. The molecule has 1 atom stereocenters.